The fourth-order valence-corrected chi connectivity index (χ4v) is 6.88. The molecule has 7 atom stereocenters. The average molecular weight is 657 g/mol. The van der Waals surface area contributed by atoms with Crippen LogP contribution in [0.1, 0.15) is 37.0 Å². The molecule has 1 aliphatic carbocycles. The number of hydrogen-bond acceptors (Lipinski definition) is 9. The van der Waals surface area contributed by atoms with Gasteiger partial charge in [0.05, 0.1) is 32.5 Å². The second-order valence-corrected chi connectivity index (χ2v) is 13.1. The smallest absolute Gasteiger partial charge is 0.269 e. The molecule has 7 rings (SSSR count). The van der Waals surface area contributed by atoms with Crippen LogP contribution >= 0.6 is 12.2 Å². The van der Waals surface area contributed by atoms with Gasteiger partial charge in [-0.3, -0.25) is 4.57 Å². The van der Waals surface area contributed by atoms with Gasteiger partial charge in [-0.15, -0.1) is 0 Å². The molecule has 1 aromatic heterocycles. The van der Waals surface area contributed by atoms with E-state index in [1.54, 1.807) is 23.3 Å². The zero-order chi connectivity index (χ0) is 32.3. The van der Waals surface area contributed by atoms with Gasteiger partial charge in [0.25, 0.3) is 5.17 Å². The summed E-state index contributed by atoms with van der Waals surface area (Å²) >= 11 is 5.73. The predicted octanol–water partition coefficient (Wildman–Crippen LogP) is 5.85. The Morgan fingerprint density at radius 3 is 2.04 bits per heavy atom. The van der Waals surface area contributed by atoms with E-state index in [2.05, 4.69) is 17.1 Å². The molecule has 0 bridgehead atoms. The van der Waals surface area contributed by atoms with E-state index in [0.717, 1.165) is 16.7 Å². The van der Waals surface area contributed by atoms with Gasteiger partial charge in [-0.05, 0) is 42.8 Å². The van der Waals surface area contributed by atoms with Crippen molar-refractivity contribution >= 4 is 17.4 Å². The van der Waals surface area contributed by atoms with Gasteiger partial charge in [-0.1, -0.05) is 91.0 Å². The van der Waals surface area contributed by atoms with Crippen molar-refractivity contribution in [1.82, 2.24) is 9.55 Å². The SMILES string of the molecule is CC1(C)OC[C@H](C[C@@]2(OCc3ccccc3)C3OC3C(OC(=S)n3ccnc3)[C@@H](OCc3ccccc3)[C@@H]2OCc2ccccc2)O1. The minimum Gasteiger partial charge on any atom is -0.461 e. The minimum absolute atomic E-state index is 0.254. The van der Waals surface area contributed by atoms with Crippen LogP contribution in [0, 0.1) is 0 Å². The summed E-state index contributed by atoms with van der Waals surface area (Å²) < 4.78 is 48.1. The summed E-state index contributed by atoms with van der Waals surface area (Å²) in [5, 5.41) is 0.254. The zero-order valence-electron chi connectivity index (χ0n) is 26.6. The van der Waals surface area contributed by atoms with Crippen LogP contribution in [0.4, 0.5) is 0 Å². The number of thiocarbonyl (C=S) groups is 1. The van der Waals surface area contributed by atoms with Crippen molar-refractivity contribution < 1.29 is 33.2 Å². The third-order valence-electron chi connectivity index (χ3n) is 8.91. The third-order valence-corrected chi connectivity index (χ3v) is 9.22. The van der Waals surface area contributed by atoms with Gasteiger partial charge in [0, 0.05) is 18.8 Å². The second kappa shape index (κ2) is 13.9. The van der Waals surface area contributed by atoms with E-state index in [-0.39, 0.29) is 23.5 Å². The fraction of sp³-hybridized carbons (Fsp3) is 0.405. The first kappa shape index (κ1) is 32.1. The van der Waals surface area contributed by atoms with Gasteiger partial charge < -0.3 is 33.2 Å². The summed E-state index contributed by atoms with van der Waals surface area (Å²) in [6.45, 7) is 5.29. The first-order valence-corrected chi connectivity index (χ1v) is 16.5. The number of benzene rings is 3. The van der Waals surface area contributed by atoms with E-state index >= 15 is 0 Å². The molecule has 3 aliphatic rings. The molecule has 246 valence electrons. The van der Waals surface area contributed by atoms with Crippen molar-refractivity contribution in [3.05, 3.63) is 126 Å². The highest BCUT2D eigenvalue weighted by Gasteiger charge is 2.72. The summed E-state index contributed by atoms with van der Waals surface area (Å²) in [6.07, 6.45) is 2.67. The maximum Gasteiger partial charge on any atom is 0.269 e. The highest BCUT2D eigenvalue weighted by Crippen LogP contribution is 2.52. The van der Waals surface area contributed by atoms with E-state index in [1.807, 2.05) is 92.7 Å². The molecule has 0 radical (unpaired) electrons. The Kier molecular flexibility index (Phi) is 9.51. The number of hydrogen-bond donors (Lipinski definition) is 0. The van der Waals surface area contributed by atoms with Crippen molar-refractivity contribution in [2.75, 3.05) is 6.61 Å². The normalized spacial score (nSPS) is 29.2. The quantitative estimate of drug-likeness (QED) is 0.138. The summed E-state index contributed by atoms with van der Waals surface area (Å²) in [7, 11) is 0. The predicted molar refractivity (Wildman–Crippen MR) is 177 cm³/mol. The van der Waals surface area contributed by atoms with Gasteiger partial charge in [0.1, 0.15) is 36.3 Å². The number of fused-ring (bicyclic) bond motifs is 1. The van der Waals surface area contributed by atoms with Gasteiger partial charge in [-0.25, -0.2) is 4.98 Å². The van der Waals surface area contributed by atoms with Crippen LogP contribution in [0.15, 0.2) is 110 Å². The van der Waals surface area contributed by atoms with E-state index < -0.39 is 29.7 Å². The molecule has 1 saturated carbocycles. The van der Waals surface area contributed by atoms with E-state index in [0.29, 0.717) is 32.8 Å². The van der Waals surface area contributed by atoms with Crippen molar-refractivity contribution in [2.45, 2.75) is 88.1 Å². The van der Waals surface area contributed by atoms with Crippen LogP contribution in [0.25, 0.3) is 0 Å². The Morgan fingerprint density at radius 2 is 1.47 bits per heavy atom. The minimum atomic E-state index is -0.971. The van der Waals surface area contributed by atoms with Crippen molar-refractivity contribution in [2.24, 2.45) is 0 Å². The number of ether oxygens (including phenoxy) is 7. The Morgan fingerprint density at radius 1 is 0.851 bits per heavy atom. The van der Waals surface area contributed by atoms with Crippen molar-refractivity contribution in [3.63, 3.8) is 0 Å². The summed E-state index contributed by atoms with van der Waals surface area (Å²) in [4.78, 5) is 4.15. The lowest BCUT2D eigenvalue weighted by Gasteiger charge is -2.48. The van der Waals surface area contributed by atoms with Crippen LogP contribution in [0.5, 0.6) is 0 Å². The molecule has 3 heterocycles. The molecule has 0 spiro atoms. The molecule has 2 saturated heterocycles. The molecular weight excluding hydrogens is 616 g/mol. The Hall–Kier alpha value is -3.48. The highest BCUT2D eigenvalue weighted by molar-refractivity contribution is 7.80. The number of nitrogens with zero attached hydrogens (tertiary/aromatic N) is 2. The third kappa shape index (κ3) is 7.34. The molecule has 47 heavy (non-hydrogen) atoms. The largest absolute Gasteiger partial charge is 0.461 e. The van der Waals surface area contributed by atoms with E-state index in [4.69, 9.17) is 45.4 Å². The highest BCUT2D eigenvalue weighted by atomic mass is 32.1. The van der Waals surface area contributed by atoms with Crippen LogP contribution in [-0.2, 0) is 53.0 Å². The molecule has 3 fully saturated rings. The monoisotopic (exact) mass is 656 g/mol. The zero-order valence-corrected chi connectivity index (χ0v) is 27.4. The maximum atomic E-state index is 7.08. The van der Waals surface area contributed by atoms with E-state index in [1.165, 1.54) is 0 Å². The van der Waals surface area contributed by atoms with Crippen LogP contribution in [0.2, 0.25) is 0 Å². The first-order valence-electron chi connectivity index (χ1n) is 16.1. The number of rotatable bonds is 12. The van der Waals surface area contributed by atoms with Crippen molar-refractivity contribution in [1.29, 1.82) is 0 Å². The Bertz CT molecular complexity index is 1590. The number of aromatic nitrogens is 2. The molecule has 3 aromatic carbocycles. The van der Waals surface area contributed by atoms with Gasteiger partial charge in [-0.2, -0.15) is 0 Å². The lowest BCUT2D eigenvalue weighted by atomic mass is 9.75. The molecule has 0 N–H and O–H groups in total. The Balaban J connectivity index is 1.27. The number of imidazole rings is 1. The molecule has 3 unspecified atom stereocenters. The molecule has 9 nitrogen and oxygen atoms in total. The Labute approximate surface area is 280 Å². The average Bonchev–Trinajstić information content (AvgIpc) is 3.56. The van der Waals surface area contributed by atoms with Crippen LogP contribution < -0.4 is 0 Å². The standard InChI is InChI=1S/C37H40N2O7S/c1-36(2)42-24-29(46-36)20-37(43-23-28-16-10-5-11-17-28)33(41-22-27-14-8-4-9-15-27)31(40-21-26-12-6-3-7-13-26)30(32-34(37)44-32)45-35(47)39-19-18-38-25-39/h3-19,25,29-34H,20-24H2,1-2H3/t29-,30?,31+,32?,33-,34?,37-/m0/s1. The van der Waals surface area contributed by atoms with Crippen LogP contribution in [0.3, 0.4) is 0 Å². The lowest BCUT2D eigenvalue weighted by Crippen LogP contribution is -2.66. The second-order valence-electron chi connectivity index (χ2n) is 12.7. The molecule has 4 aromatic rings. The van der Waals surface area contributed by atoms with Gasteiger partial charge >= 0.3 is 0 Å². The molecule has 10 heteroatoms. The number of epoxide rings is 1. The molecule has 2 aliphatic heterocycles. The molecular formula is C37H40N2O7S. The summed E-state index contributed by atoms with van der Waals surface area (Å²) in [6, 6.07) is 30.3. The summed E-state index contributed by atoms with van der Waals surface area (Å²) in [5.41, 5.74) is 2.12. The van der Waals surface area contributed by atoms with E-state index in [9.17, 15) is 0 Å². The first-order chi connectivity index (χ1) is 22.9. The molecule has 0 amide bonds. The van der Waals surface area contributed by atoms with Gasteiger partial charge in [0.2, 0.25) is 0 Å². The maximum absolute atomic E-state index is 7.08. The topological polar surface area (TPSA) is 85.7 Å². The van der Waals surface area contributed by atoms with Crippen LogP contribution in [-0.4, -0.2) is 69.3 Å². The lowest BCUT2D eigenvalue weighted by molar-refractivity contribution is -0.245. The van der Waals surface area contributed by atoms with Gasteiger partial charge in [0.15, 0.2) is 11.9 Å². The van der Waals surface area contributed by atoms with Crippen molar-refractivity contribution in [3.8, 4) is 0 Å². The fourth-order valence-electron chi connectivity index (χ4n) is 6.66. The summed E-state index contributed by atoms with van der Waals surface area (Å²) in [5.74, 6) is -0.712.